The van der Waals surface area contributed by atoms with Gasteiger partial charge in [0.2, 0.25) is 0 Å². The van der Waals surface area contributed by atoms with Gasteiger partial charge in [-0.15, -0.1) is 0 Å². The van der Waals surface area contributed by atoms with Gasteiger partial charge < -0.3 is 14.2 Å². The van der Waals surface area contributed by atoms with Gasteiger partial charge in [0.25, 0.3) is 0 Å². The third kappa shape index (κ3) is 4.82. The maximum absolute atomic E-state index is 13.9. The highest BCUT2D eigenvalue weighted by molar-refractivity contribution is 5.79. The zero-order chi connectivity index (χ0) is 31.8. The van der Waals surface area contributed by atoms with Crippen molar-refractivity contribution in [1.29, 1.82) is 0 Å². The van der Waals surface area contributed by atoms with Gasteiger partial charge in [-0.3, -0.25) is 14.4 Å². The second-order valence-corrected chi connectivity index (χ2v) is 17.2. The van der Waals surface area contributed by atoms with Crippen molar-refractivity contribution in [1.82, 2.24) is 0 Å². The van der Waals surface area contributed by atoms with Crippen molar-refractivity contribution >= 4 is 17.9 Å². The molecule has 5 aliphatic rings. The topological polar surface area (TPSA) is 78.9 Å². The Balaban J connectivity index is 1.57. The molecule has 0 aliphatic heterocycles. The number of carbonyl (C=O) groups is 3. The van der Waals surface area contributed by atoms with E-state index < -0.39 is 17.6 Å². The van der Waals surface area contributed by atoms with Crippen LogP contribution in [0.2, 0.25) is 0 Å². The van der Waals surface area contributed by atoms with E-state index in [-0.39, 0.29) is 50.9 Å². The highest BCUT2D eigenvalue weighted by Crippen LogP contribution is 2.76. The Hall–Kier alpha value is -1.85. The smallest absolute Gasteiger partial charge is 0.312 e. The van der Waals surface area contributed by atoms with Gasteiger partial charge in [0, 0.05) is 19.3 Å². The predicted molar refractivity (Wildman–Crippen MR) is 167 cm³/mol. The number of carbonyl (C=O) groups excluding carboxylic acids is 3. The summed E-state index contributed by atoms with van der Waals surface area (Å²) in [5.74, 6) is 0.320. The summed E-state index contributed by atoms with van der Waals surface area (Å²) >= 11 is 0. The molecule has 5 rings (SSSR count). The molecule has 0 aromatic carbocycles. The lowest BCUT2D eigenvalue weighted by atomic mass is 9.33. The van der Waals surface area contributed by atoms with E-state index >= 15 is 0 Å². The Kier molecular flexibility index (Phi) is 8.03. The van der Waals surface area contributed by atoms with Crippen LogP contribution in [0.1, 0.15) is 133 Å². The average molecular weight is 599 g/mol. The Morgan fingerprint density at radius 3 is 2.12 bits per heavy atom. The standard InChI is InChI=1S/C37H58O6/c1-11-20-41-31(40)37-18-16-32(4,5)21-26(37)25-12-13-29-34(8)22-27(42-23(2)38)30(43-24(3)39)33(6,7)28(34)14-15-36(29,10)35(25,9)17-19-37/h12,26-30H,11,13-22H2,1-10H3. The molecule has 0 N–H and O–H groups in total. The number of esters is 3. The van der Waals surface area contributed by atoms with Crippen molar-refractivity contribution in [3.63, 3.8) is 0 Å². The summed E-state index contributed by atoms with van der Waals surface area (Å²) in [5, 5.41) is 0. The fourth-order valence-corrected chi connectivity index (χ4v) is 11.8. The molecule has 9 unspecified atom stereocenters. The van der Waals surface area contributed by atoms with Gasteiger partial charge in [0.15, 0.2) is 0 Å². The molecule has 6 nitrogen and oxygen atoms in total. The van der Waals surface area contributed by atoms with E-state index in [0.29, 0.717) is 24.9 Å². The van der Waals surface area contributed by atoms with Gasteiger partial charge >= 0.3 is 17.9 Å². The molecule has 0 spiro atoms. The summed E-state index contributed by atoms with van der Waals surface area (Å²) in [7, 11) is 0. The fourth-order valence-electron chi connectivity index (χ4n) is 11.8. The minimum Gasteiger partial charge on any atom is -0.465 e. The van der Waals surface area contributed by atoms with E-state index in [1.54, 1.807) is 0 Å². The number of hydrogen-bond donors (Lipinski definition) is 0. The van der Waals surface area contributed by atoms with Crippen LogP contribution < -0.4 is 0 Å². The van der Waals surface area contributed by atoms with Gasteiger partial charge in [-0.25, -0.2) is 0 Å². The van der Waals surface area contributed by atoms with Crippen molar-refractivity contribution in [2.24, 2.45) is 50.2 Å². The SMILES string of the molecule is CCCOC(=O)C12CCC(C)(C)CC1C1=CCC3C4(C)CC(OC(C)=O)C(OC(C)=O)C(C)(C)C4CCC3(C)C1(C)CC2. The van der Waals surface area contributed by atoms with Gasteiger partial charge in [-0.2, -0.15) is 0 Å². The van der Waals surface area contributed by atoms with Crippen LogP contribution in [0.5, 0.6) is 0 Å². The van der Waals surface area contributed by atoms with Crippen molar-refractivity contribution in [3.05, 3.63) is 11.6 Å². The minimum atomic E-state index is -0.468. The normalized spacial score (nSPS) is 44.3. The molecule has 242 valence electrons. The van der Waals surface area contributed by atoms with E-state index in [4.69, 9.17) is 14.2 Å². The fraction of sp³-hybridized carbons (Fsp3) is 0.865. The second-order valence-electron chi connectivity index (χ2n) is 17.2. The van der Waals surface area contributed by atoms with Crippen LogP contribution in [-0.4, -0.2) is 36.7 Å². The van der Waals surface area contributed by atoms with Crippen LogP contribution in [0, 0.1) is 50.2 Å². The number of hydrogen-bond acceptors (Lipinski definition) is 6. The van der Waals surface area contributed by atoms with Crippen molar-refractivity contribution in [2.45, 2.75) is 146 Å². The molecule has 0 amide bonds. The summed E-state index contributed by atoms with van der Waals surface area (Å²) in [4.78, 5) is 38.5. The summed E-state index contributed by atoms with van der Waals surface area (Å²) in [5.41, 5.74) is 0.868. The minimum absolute atomic E-state index is 0.0235. The van der Waals surface area contributed by atoms with E-state index in [1.807, 2.05) is 0 Å². The molecular formula is C37H58O6. The first kappa shape index (κ1) is 32.5. The molecule has 0 heterocycles. The third-order valence-corrected chi connectivity index (χ3v) is 14.0. The maximum atomic E-state index is 13.9. The first-order chi connectivity index (χ1) is 19.9. The average Bonchev–Trinajstić information content (AvgIpc) is 2.89. The number of fused-ring (bicyclic) bond motifs is 7. The molecule has 0 saturated heterocycles. The monoisotopic (exact) mass is 598 g/mol. The molecule has 9 atom stereocenters. The maximum Gasteiger partial charge on any atom is 0.312 e. The van der Waals surface area contributed by atoms with Gasteiger partial charge in [-0.1, -0.05) is 67.0 Å². The van der Waals surface area contributed by atoms with Gasteiger partial charge in [0.1, 0.15) is 12.2 Å². The first-order valence-corrected chi connectivity index (χ1v) is 17.1. The number of allylic oxidation sites excluding steroid dienone is 2. The lowest BCUT2D eigenvalue weighted by Gasteiger charge is -2.71. The van der Waals surface area contributed by atoms with Gasteiger partial charge in [0.05, 0.1) is 12.0 Å². The molecule has 4 fully saturated rings. The van der Waals surface area contributed by atoms with Crippen molar-refractivity contribution < 1.29 is 28.6 Å². The summed E-state index contributed by atoms with van der Waals surface area (Å²) in [6.07, 6.45) is 11.2. The highest BCUT2D eigenvalue weighted by Gasteiger charge is 2.71. The molecule has 0 aromatic rings. The molecule has 0 radical (unpaired) electrons. The quantitative estimate of drug-likeness (QED) is 0.180. The molecule has 0 aromatic heterocycles. The Morgan fingerprint density at radius 1 is 0.837 bits per heavy atom. The van der Waals surface area contributed by atoms with Crippen molar-refractivity contribution in [2.75, 3.05) is 6.61 Å². The highest BCUT2D eigenvalue weighted by atomic mass is 16.6. The Morgan fingerprint density at radius 2 is 1.49 bits per heavy atom. The third-order valence-electron chi connectivity index (χ3n) is 14.0. The van der Waals surface area contributed by atoms with E-state index in [2.05, 4.69) is 61.5 Å². The van der Waals surface area contributed by atoms with Crippen LogP contribution in [-0.2, 0) is 28.6 Å². The van der Waals surface area contributed by atoms with Crippen molar-refractivity contribution in [3.8, 4) is 0 Å². The first-order valence-electron chi connectivity index (χ1n) is 17.1. The van der Waals surface area contributed by atoms with Crippen LogP contribution in [0.3, 0.4) is 0 Å². The Bertz CT molecular complexity index is 1180. The summed E-state index contributed by atoms with van der Waals surface area (Å²) in [6.45, 7) is 22.1. The van der Waals surface area contributed by atoms with Crippen LogP contribution >= 0.6 is 0 Å². The largest absolute Gasteiger partial charge is 0.465 e. The number of rotatable bonds is 5. The Labute approximate surface area is 260 Å². The molecule has 0 bridgehead atoms. The molecule has 6 heteroatoms. The number of ether oxygens (including phenoxy) is 3. The summed E-state index contributed by atoms with van der Waals surface area (Å²) in [6, 6.07) is 0. The van der Waals surface area contributed by atoms with E-state index in [9.17, 15) is 14.4 Å². The molecule has 4 saturated carbocycles. The molecule has 43 heavy (non-hydrogen) atoms. The van der Waals surface area contributed by atoms with Crippen LogP contribution in [0.4, 0.5) is 0 Å². The van der Waals surface area contributed by atoms with Crippen LogP contribution in [0.15, 0.2) is 11.6 Å². The van der Waals surface area contributed by atoms with E-state index in [1.165, 1.54) is 19.4 Å². The zero-order valence-electron chi connectivity index (χ0n) is 28.7. The lowest BCUT2D eigenvalue weighted by Crippen LogP contribution is -2.67. The van der Waals surface area contributed by atoms with Crippen LogP contribution in [0.25, 0.3) is 0 Å². The second kappa shape index (κ2) is 10.6. The predicted octanol–water partition coefficient (Wildman–Crippen LogP) is 8.21. The zero-order valence-corrected chi connectivity index (χ0v) is 28.7. The van der Waals surface area contributed by atoms with E-state index in [0.717, 1.165) is 57.8 Å². The lowest BCUT2D eigenvalue weighted by molar-refractivity contribution is -0.244. The summed E-state index contributed by atoms with van der Waals surface area (Å²) < 4.78 is 17.9. The molecular weight excluding hydrogens is 540 g/mol. The van der Waals surface area contributed by atoms with Gasteiger partial charge in [-0.05, 0) is 104 Å². The molecule has 5 aliphatic carbocycles.